The fourth-order valence-corrected chi connectivity index (χ4v) is 2.38. The zero-order valence-electron chi connectivity index (χ0n) is 9.95. The molecule has 1 amide bonds. The molecule has 0 saturated carbocycles. The van der Waals surface area contributed by atoms with E-state index in [9.17, 15) is 4.79 Å². The Balaban J connectivity index is 2.18. The lowest BCUT2D eigenvalue weighted by molar-refractivity contribution is -0.121. The van der Waals surface area contributed by atoms with E-state index in [0.29, 0.717) is 13.0 Å². The summed E-state index contributed by atoms with van der Waals surface area (Å²) in [4.78, 5) is 14.1. The summed E-state index contributed by atoms with van der Waals surface area (Å²) in [7, 11) is 0. The van der Waals surface area contributed by atoms with Crippen molar-refractivity contribution in [1.82, 2.24) is 5.32 Å². The molecule has 1 aromatic heterocycles. The normalized spacial score (nSPS) is 12.4. The number of hydrogen-bond donors (Lipinski definition) is 2. The van der Waals surface area contributed by atoms with E-state index in [1.807, 2.05) is 6.92 Å². The van der Waals surface area contributed by atoms with Gasteiger partial charge in [-0.15, -0.1) is 11.3 Å². The first-order chi connectivity index (χ1) is 7.61. The first kappa shape index (κ1) is 13.2. The smallest absolute Gasteiger partial charge is 0.220 e. The average molecular weight is 240 g/mol. The van der Waals surface area contributed by atoms with Gasteiger partial charge in [0.1, 0.15) is 0 Å². The van der Waals surface area contributed by atoms with Crippen LogP contribution in [0.15, 0.2) is 12.1 Å². The van der Waals surface area contributed by atoms with Crippen molar-refractivity contribution < 1.29 is 4.79 Å². The highest BCUT2D eigenvalue weighted by Gasteiger charge is 2.05. The third-order valence-electron chi connectivity index (χ3n) is 2.38. The number of hydrogen-bond acceptors (Lipinski definition) is 3. The van der Waals surface area contributed by atoms with Gasteiger partial charge in [-0.2, -0.15) is 0 Å². The molecule has 0 fully saturated rings. The number of carbonyl (C=O) groups is 1. The zero-order chi connectivity index (χ0) is 12.0. The molecule has 0 aliphatic heterocycles. The minimum absolute atomic E-state index is 0.0801. The Morgan fingerprint density at radius 3 is 2.88 bits per heavy atom. The van der Waals surface area contributed by atoms with Crippen LogP contribution >= 0.6 is 11.3 Å². The average Bonchev–Trinajstić information content (AvgIpc) is 2.64. The molecule has 1 atom stereocenters. The Labute approximate surface area is 101 Å². The van der Waals surface area contributed by atoms with E-state index in [4.69, 9.17) is 5.73 Å². The molecule has 90 valence electrons. The summed E-state index contributed by atoms with van der Waals surface area (Å²) < 4.78 is 0. The van der Waals surface area contributed by atoms with Crippen molar-refractivity contribution in [3.63, 3.8) is 0 Å². The Morgan fingerprint density at radius 1 is 1.56 bits per heavy atom. The number of rotatable bonds is 6. The van der Waals surface area contributed by atoms with E-state index in [0.717, 1.165) is 12.8 Å². The standard InChI is InChI=1S/C12H20N2OS/c1-9(8-13)14-12(15)5-3-4-11-7-6-10(2)16-11/h6-7,9H,3-5,8,13H2,1-2H3,(H,14,15)/t9-/m0/s1. The topological polar surface area (TPSA) is 55.1 Å². The van der Waals surface area contributed by atoms with Crippen LogP contribution in [0.5, 0.6) is 0 Å². The van der Waals surface area contributed by atoms with Crippen LogP contribution in [0.25, 0.3) is 0 Å². The van der Waals surface area contributed by atoms with Gasteiger partial charge in [-0.05, 0) is 38.8 Å². The van der Waals surface area contributed by atoms with Gasteiger partial charge in [0, 0.05) is 28.8 Å². The first-order valence-electron chi connectivity index (χ1n) is 5.66. The SMILES string of the molecule is Cc1ccc(CCCC(=O)N[C@@H](C)CN)s1. The third kappa shape index (κ3) is 4.77. The predicted molar refractivity (Wildman–Crippen MR) is 68.7 cm³/mol. The molecule has 0 saturated heterocycles. The lowest BCUT2D eigenvalue weighted by atomic mass is 10.2. The number of amides is 1. The molecule has 16 heavy (non-hydrogen) atoms. The van der Waals surface area contributed by atoms with E-state index in [-0.39, 0.29) is 11.9 Å². The van der Waals surface area contributed by atoms with Gasteiger partial charge in [-0.1, -0.05) is 0 Å². The van der Waals surface area contributed by atoms with Gasteiger partial charge < -0.3 is 11.1 Å². The van der Waals surface area contributed by atoms with Gasteiger partial charge >= 0.3 is 0 Å². The monoisotopic (exact) mass is 240 g/mol. The van der Waals surface area contributed by atoms with Gasteiger partial charge in [0.25, 0.3) is 0 Å². The molecule has 1 heterocycles. The highest BCUT2D eigenvalue weighted by atomic mass is 32.1. The second-order valence-electron chi connectivity index (χ2n) is 4.07. The molecule has 0 aliphatic rings. The maximum atomic E-state index is 11.4. The zero-order valence-corrected chi connectivity index (χ0v) is 10.8. The molecular formula is C12H20N2OS. The summed E-state index contributed by atoms with van der Waals surface area (Å²) in [5.41, 5.74) is 5.43. The molecule has 3 nitrogen and oxygen atoms in total. The molecule has 0 unspecified atom stereocenters. The van der Waals surface area contributed by atoms with Gasteiger partial charge in [-0.25, -0.2) is 0 Å². The molecule has 0 aliphatic carbocycles. The number of carbonyl (C=O) groups excluding carboxylic acids is 1. The predicted octanol–water partition coefficient (Wildman–Crippen LogP) is 1.84. The van der Waals surface area contributed by atoms with Gasteiger partial charge in [-0.3, -0.25) is 4.79 Å². The Bertz CT molecular complexity index is 336. The summed E-state index contributed by atoms with van der Waals surface area (Å²) >= 11 is 1.81. The number of aryl methyl sites for hydroxylation is 2. The Morgan fingerprint density at radius 2 is 2.31 bits per heavy atom. The van der Waals surface area contributed by atoms with Crippen LogP contribution in [0.3, 0.4) is 0 Å². The third-order valence-corrected chi connectivity index (χ3v) is 3.44. The highest BCUT2D eigenvalue weighted by molar-refractivity contribution is 7.11. The molecule has 3 N–H and O–H groups in total. The van der Waals surface area contributed by atoms with Gasteiger partial charge in [0.05, 0.1) is 0 Å². The lowest BCUT2D eigenvalue weighted by Gasteiger charge is -2.10. The van der Waals surface area contributed by atoms with Gasteiger partial charge in [0.15, 0.2) is 0 Å². The van der Waals surface area contributed by atoms with Crippen molar-refractivity contribution in [2.24, 2.45) is 5.73 Å². The van der Waals surface area contributed by atoms with Crippen LogP contribution in [-0.4, -0.2) is 18.5 Å². The molecule has 0 bridgehead atoms. The van der Waals surface area contributed by atoms with Crippen LogP contribution in [0.1, 0.15) is 29.5 Å². The number of thiophene rings is 1. The summed E-state index contributed by atoms with van der Waals surface area (Å²) in [5, 5.41) is 2.86. The summed E-state index contributed by atoms with van der Waals surface area (Å²) in [6.07, 6.45) is 2.48. The van der Waals surface area contributed by atoms with Crippen LogP contribution in [0.2, 0.25) is 0 Å². The maximum absolute atomic E-state index is 11.4. The van der Waals surface area contributed by atoms with Crippen molar-refractivity contribution in [3.05, 3.63) is 21.9 Å². The number of nitrogens with one attached hydrogen (secondary N) is 1. The van der Waals surface area contributed by atoms with E-state index >= 15 is 0 Å². The lowest BCUT2D eigenvalue weighted by Crippen LogP contribution is -2.37. The number of nitrogens with two attached hydrogens (primary N) is 1. The second kappa shape index (κ2) is 6.66. The van der Waals surface area contributed by atoms with Gasteiger partial charge in [0.2, 0.25) is 5.91 Å². The van der Waals surface area contributed by atoms with Crippen LogP contribution in [-0.2, 0) is 11.2 Å². The first-order valence-corrected chi connectivity index (χ1v) is 6.48. The van der Waals surface area contributed by atoms with E-state index < -0.39 is 0 Å². The molecule has 1 aromatic rings. The van der Waals surface area contributed by atoms with Crippen LogP contribution in [0.4, 0.5) is 0 Å². The van der Waals surface area contributed by atoms with Crippen molar-refractivity contribution in [1.29, 1.82) is 0 Å². The van der Waals surface area contributed by atoms with E-state index in [2.05, 4.69) is 24.4 Å². The van der Waals surface area contributed by atoms with Crippen LogP contribution in [0, 0.1) is 6.92 Å². The summed E-state index contributed by atoms with van der Waals surface area (Å²) in [6.45, 7) is 4.51. The maximum Gasteiger partial charge on any atom is 0.220 e. The molecule has 0 aromatic carbocycles. The van der Waals surface area contributed by atoms with Crippen molar-refractivity contribution in [2.45, 2.75) is 39.2 Å². The Hall–Kier alpha value is -0.870. The van der Waals surface area contributed by atoms with Crippen molar-refractivity contribution in [3.8, 4) is 0 Å². The Kier molecular flexibility index (Phi) is 5.49. The molecule has 1 rings (SSSR count). The molecule has 0 spiro atoms. The quantitative estimate of drug-likeness (QED) is 0.797. The fraction of sp³-hybridized carbons (Fsp3) is 0.583. The molecule has 0 radical (unpaired) electrons. The fourth-order valence-electron chi connectivity index (χ4n) is 1.45. The van der Waals surface area contributed by atoms with E-state index in [1.54, 1.807) is 11.3 Å². The highest BCUT2D eigenvalue weighted by Crippen LogP contribution is 2.17. The minimum Gasteiger partial charge on any atom is -0.352 e. The summed E-state index contributed by atoms with van der Waals surface area (Å²) in [5.74, 6) is 0.103. The summed E-state index contributed by atoms with van der Waals surface area (Å²) in [6, 6.07) is 4.34. The molecule has 4 heteroatoms. The van der Waals surface area contributed by atoms with Crippen molar-refractivity contribution >= 4 is 17.2 Å². The minimum atomic E-state index is 0.0801. The largest absolute Gasteiger partial charge is 0.352 e. The van der Waals surface area contributed by atoms with Crippen LogP contribution < -0.4 is 11.1 Å². The molecular weight excluding hydrogens is 220 g/mol. The second-order valence-corrected chi connectivity index (χ2v) is 5.44. The van der Waals surface area contributed by atoms with Crippen molar-refractivity contribution in [2.75, 3.05) is 6.54 Å². The van der Waals surface area contributed by atoms with E-state index in [1.165, 1.54) is 9.75 Å².